The van der Waals surface area contributed by atoms with E-state index < -0.39 is 54.8 Å². The number of aliphatic carboxylic acids is 1. The summed E-state index contributed by atoms with van der Waals surface area (Å²) >= 11 is 0. The van der Waals surface area contributed by atoms with Crippen LogP contribution in [0.15, 0.2) is 30.4 Å². The van der Waals surface area contributed by atoms with Gasteiger partial charge in [0.25, 0.3) is 0 Å². The predicted octanol–water partition coefficient (Wildman–Crippen LogP) is 10.5. The Bertz CT molecular complexity index is 1330. The first-order chi connectivity index (χ1) is 22.7. The first kappa shape index (κ1) is 39.3. The Hall–Kier alpha value is -2.44. The summed E-state index contributed by atoms with van der Waals surface area (Å²) in [5, 5.41) is 30.2. The number of carboxylic acids is 1. The van der Waals surface area contributed by atoms with Crippen LogP contribution in [-0.2, 0) is 11.2 Å². The number of hydrogen-bond acceptors (Lipinski definition) is 3. The van der Waals surface area contributed by atoms with Crippen LogP contribution < -0.4 is 0 Å². The van der Waals surface area contributed by atoms with Crippen LogP contribution in [0.2, 0.25) is 0 Å². The van der Waals surface area contributed by atoms with Gasteiger partial charge in [0, 0.05) is 6.42 Å². The molecule has 2 saturated carbocycles. The van der Waals surface area contributed by atoms with E-state index in [-0.39, 0.29) is 24.0 Å². The molecule has 4 nitrogen and oxygen atoms in total. The number of phenolic OH excluding ortho intramolecular Hbond substituents is 1. The summed E-state index contributed by atoms with van der Waals surface area (Å²) in [4.78, 5) is 11.5. The molecule has 0 aliphatic heterocycles. The molecule has 1 aromatic carbocycles. The average molecular weight is 715 g/mol. The Balaban J connectivity index is 1.21. The number of aliphatic hydroxyl groups is 1. The zero-order valence-corrected chi connectivity index (χ0v) is 27.7. The van der Waals surface area contributed by atoms with Gasteiger partial charge in [-0.1, -0.05) is 64.5 Å². The molecule has 4 rings (SSSR count). The van der Waals surface area contributed by atoms with Crippen molar-refractivity contribution in [2.45, 2.75) is 139 Å². The second-order valence-corrected chi connectivity index (χ2v) is 14.8. The molecule has 7 atom stereocenters. The topological polar surface area (TPSA) is 77.8 Å². The predicted molar refractivity (Wildman–Crippen MR) is 165 cm³/mol. The summed E-state index contributed by atoms with van der Waals surface area (Å²) in [6.45, 7) is 6.50. The van der Waals surface area contributed by atoms with E-state index in [2.05, 4.69) is 13.5 Å². The third kappa shape index (κ3) is 7.76. The van der Waals surface area contributed by atoms with Crippen LogP contribution in [-0.4, -0.2) is 51.3 Å². The monoisotopic (exact) mass is 714 g/mol. The smallest absolute Gasteiger partial charge is 0.460 e. The lowest BCUT2D eigenvalue weighted by atomic mass is 9.52. The SMILES string of the molecule is C=C1[C@H](O)CC2C3C(CC[C@]12C)c1ccc(O)cc1C[C@H]3CCCCCCCCCC(CCC(F)(F)C(F)(F)C(F)(F)C(F)(F)F)C(=O)O. The van der Waals surface area contributed by atoms with Crippen LogP contribution in [0.1, 0.15) is 114 Å². The van der Waals surface area contributed by atoms with Gasteiger partial charge in [-0.05, 0) is 103 Å². The van der Waals surface area contributed by atoms with Gasteiger partial charge < -0.3 is 15.3 Å². The molecular formula is C36H47F9O4. The molecule has 0 radical (unpaired) electrons. The molecule has 0 heterocycles. The van der Waals surface area contributed by atoms with Gasteiger partial charge >= 0.3 is 29.9 Å². The third-order valence-electron chi connectivity index (χ3n) is 11.9. The maximum atomic E-state index is 13.9. The molecule has 0 spiro atoms. The number of carboxylic acid groups (broad SMARTS) is 1. The minimum Gasteiger partial charge on any atom is -0.508 e. The molecule has 3 aliphatic carbocycles. The summed E-state index contributed by atoms with van der Waals surface area (Å²) < 4.78 is 118. The van der Waals surface area contributed by atoms with E-state index in [4.69, 9.17) is 0 Å². The van der Waals surface area contributed by atoms with Gasteiger partial charge in [0.05, 0.1) is 12.0 Å². The number of aliphatic hydroxyl groups excluding tert-OH is 1. The van der Waals surface area contributed by atoms with Crippen LogP contribution in [0.3, 0.4) is 0 Å². The van der Waals surface area contributed by atoms with Crippen molar-refractivity contribution in [3.63, 3.8) is 0 Å². The van der Waals surface area contributed by atoms with Crippen molar-refractivity contribution in [3.8, 4) is 5.75 Å². The van der Waals surface area contributed by atoms with E-state index in [0.29, 0.717) is 42.9 Å². The highest BCUT2D eigenvalue weighted by Gasteiger charge is 2.81. The van der Waals surface area contributed by atoms with Crippen molar-refractivity contribution < 1.29 is 59.6 Å². The van der Waals surface area contributed by atoms with E-state index in [0.717, 1.165) is 56.9 Å². The molecule has 4 unspecified atom stereocenters. The van der Waals surface area contributed by atoms with Crippen molar-refractivity contribution in [1.29, 1.82) is 0 Å². The molecule has 2 fully saturated rings. The normalized spacial score (nSPS) is 28.1. The van der Waals surface area contributed by atoms with E-state index in [9.17, 15) is 59.6 Å². The molecular weight excluding hydrogens is 667 g/mol. The maximum absolute atomic E-state index is 13.9. The number of fused-ring (bicyclic) bond motifs is 5. The maximum Gasteiger partial charge on any atom is 0.460 e. The van der Waals surface area contributed by atoms with Gasteiger partial charge in [-0.3, -0.25) is 4.79 Å². The summed E-state index contributed by atoms with van der Waals surface area (Å²) in [6, 6.07) is 5.67. The van der Waals surface area contributed by atoms with Gasteiger partial charge in [-0.15, -0.1) is 0 Å². The number of carbonyl (C=O) groups is 1. The van der Waals surface area contributed by atoms with Crippen LogP contribution >= 0.6 is 0 Å². The standard InChI is InChI=1S/C36H47F9O4/c1-21-29(47)20-28-30-23(18-24-19-25(46)12-13-26(24)27(30)15-16-32(21,28)2)11-9-7-5-3-4-6-8-10-22(31(48)49)14-17-33(37,38)34(39,40)35(41,42)36(43,44)45/h12-13,19,22-23,27-30,46-47H,1,3-11,14-18,20H2,2H3,(H,48,49)/t22?,23-,27?,28?,29-,30?,32-/m1/s1. The van der Waals surface area contributed by atoms with Crippen molar-refractivity contribution in [2.75, 3.05) is 0 Å². The molecule has 0 saturated heterocycles. The minimum atomic E-state index is -6.98. The number of phenols is 1. The van der Waals surface area contributed by atoms with Gasteiger partial charge in [0.1, 0.15) is 5.75 Å². The van der Waals surface area contributed by atoms with Crippen LogP contribution in [0.25, 0.3) is 0 Å². The quantitative estimate of drug-likeness (QED) is 0.0905. The molecule has 0 aromatic heterocycles. The highest BCUT2D eigenvalue weighted by atomic mass is 19.4. The van der Waals surface area contributed by atoms with E-state index in [1.807, 2.05) is 12.1 Å². The second kappa shape index (κ2) is 14.7. The summed E-state index contributed by atoms with van der Waals surface area (Å²) in [5.74, 6) is -21.0. The fourth-order valence-electron chi connectivity index (χ4n) is 8.97. The van der Waals surface area contributed by atoms with Crippen molar-refractivity contribution in [2.24, 2.45) is 29.1 Å². The van der Waals surface area contributed by atoms with E-state index in [1.54, 1.807) is 6.07 Å². The molecule has 278 valence electrons. The first-order valence-electron chi connectivity index (χ1n) is 17.3. The van der Waals surface area contributed by atoms with Crippen LogP contribution in [0, 0.1) is 29.1 Å². The Labute approximate surface area is 281 Å². The minimum absolute atomic E-state index is 0.0966. The van der Waals surface area contributed by atoms with Gasteiger partial charge in [-0.25, -0.2) is 0 Å². The number of halogens is 9. The summed E-state index contributed by atoms with van der Waals surface area (Å²) in [6.07, 6.45) is -1.29. The molecule has 1 aromatic rings. The molecule has 0 amide bonds. The molecule has 3 N–H and O–H groups in total. The van der Waals surface area contributed by atoms with Crippen LogP contribution in [0.5, 0.6) is 5.75 Å². The third-order valence-corrected chi connectivity index (χ3v) is 11.9. The number of alkyl halides is 9. The van der Waals surface area contributed by atoms with Crippen molar-refractivity contribution in [3.05, 3.63) is 41.5 Å². The highest BCUT2D eigenvalue weighted by Crippen LogP contribution is 2.64. The summed E-state index contributed by atoms with van der Waals surface area (Å²) in [7, 11) is 0. The molecule has 0 bridgehead atoms. The largest absolute Gasteiger partial charge is 0.508 e. The zero-order chi connectivity index (χ0) is 36.6. The second-order valence-electron chi connectivity index (χ2n) is 14.8. The van der Waals surface area contributed by atoms with Gasteiger partial charge in [0.15, 0.2) is 0 Å². The fraction of sp³-hybridized carbons (Fsp3) is 0.750. The lowest BCUT2D eigenvalue weighted by molar-refractivity contribution is -0.396. The Kier molecular flexibility index (Phi) is 11.8. The number of benzene rings is 1. The molecule has 3 aliphatic rings. The number of rotatable bonds is 16. The molecule has 49 heavy (non-hydrogen) atoms. The van der Waals surface area contributed by atoms with E-state index in [1.165, 1.54) is 11.1 Å². The lowest BCUT2D eigenvalue weighted by Crippen LogP contribution is -2.60. The van der Waals surface area contributed by atoms with E-state index >= 15 is 0 Å². The number of aromatic hydroxyl groups is 1. The lowest BCUT2D eigenvalue weighted by Gasteiger charge is -2.52. The van der Waals surface area contributed by atoms with Crippen molar-refractivity contribution >= 4 is 5.97 Å². The average Bonchev–Trinajstić information content (AvgIpc) is 3.24. The Morgan fingerprint density at radius 1 is 0.939 bits per heavy atom. The Morgan fingerprint density at radius 2 is 1.55 bits per heavy atom. The first-order valence-corrected chi connectivity index (χ1v) is 17.3. The Morgan fingerprint density at radius 3 is 2.16 bits per heavy atom. The van der Waals surface area contributed by atoms with Gasteiger partial charge in [-0.2, -0.15) is 39.5 Å². The van der Waals surface area contributed by atoms with Crippen LogP contribution in [0.4, 0.5) is 39.5 Å². The highest BCUT2D eigenvalue weighted by molar-refractivity contribution is 5.69. The summed E-state index contributed by atoms with van der Waals surface area (Å²) in [5.41, 5.74) is 3.32. The number of hydrogen-bond donors (Lipinski definition) is 3. The van der Waals surface area contributed by atoms with Crippen molar-refractivity contribution in [1.82, 2.24) is 0 Å². The fourth-order valence-corrected chi connectivity index (χ4v) is 8.97. The zero-order valence-electron chi connectivity index (χ0n) is 27.7. The number of unbranched alkanes of at least 4 members (excludes halogenated alkanes) is 6. The van der Waals surface area contributed by atoms with Gasteiger partial charge in [0.2, 0.25) is 0 Å². The molecule has 13 heteroatoms.